The van der Waals surface area contributed by atoms with Gasteiger partial charge >= 0.3 is 0 Å². The van der Waals surface area contributed by atoms with Crippen LogP contribution in [0.15, 0.2) is 28.1 Å². The minimum Gasteiger partial charge on any atom is -0.357 e. The molecule has 1 saturated carbocycles. The fourth-order valence-corrected chi connectivity index (χ4v) is 4.54. The van der Waals surface area contributed by atoms with Gasteiger partial charge in [0.1, 0.15) is 0 Å². The highest BCUT2D eigenvalue weighted by molar-refractivity contribution is 14.0. The van der Waals surface area contributed by atoms with Crippen LogP contribution in [0.5, 0.6) is 0 Å². The van der Waals surface area contributed by atoms with Crippen molar-refractivity contribution in [3.63, 3.8) is 0 Å². The molecule has 0 atom stereocenters. The van der Waals surface area contributed by atoms with Crippen molar-refractivity contribution in [2.45, 2.75) is 69.9 Å². The molecule has 1 aliphatic carbocycles. The smallest absolute Gasteiger partial charge is 0.221 e. The highest BCUT2D eigenvalue weighted by atomic mass is 127. The summed E-state index contributed by atoms with van der Waals surface area (Å²) in [6.07, 6.45) is 7.46. The third-order valence-corrected chi connectivity index (χ3v) is 6.27. The first kappa shape index (κ1) is 26.7. The number of rotatable bonds is 8. The molecule has 0 radical (unpaired) electrons. The quantitative estimate of drug-likeness (QED) is 0.263. The van der Waals surface area contributed by atoms with Crippen molar-refractivity contribution in [1.29, 1.82) is 0 Å². The molecule has 1 aliphatic rings. The van der Waals surface area contributed by atoms with Crippen LogP contribution in [0.2, 0.25) is 0 Å². The lowest BCUT2D eigenvalue weighted by molar-refractivity contribution is -0.121. The van der Waals surface area contributed by atoms with E-state index in [1.165, 1.54) is 25.5 Å². The lowest BCUT2D eigenvalue weighted by atomic mass is 9.95. The molecule has 9 heteroatoms. The molecule has 0 bridgehead atoms. The Labute approximate surface area is 197 Å². The maximum absolute atomic E-state index is 12.1. The summed E-state index contributed by atoms with van der Waals surface area (Å²) in [6, 6.07) is 5.59. The van der Waals surface area contributed by atoms with Crippen molar-refractivity contribution < 1.29 is 13.2 Å². The maximum Gasteiger partial charge on any atom is 0.221 e. The second kappa shape index (κ2) is 13.1. The van der Waals surface area contributed by atoms with Gasteiger partial charge in [-0.05, 0) is 43.9 Å². The number of nitrogens with one attached hydrogen (secondary N) is 3. The zero-order chi connectivity index (χ0) is 21.3. The average molecular weight is 551 g/mol. The lowest BCUT2D eigenvalue weighted by Gasteiger charge is -2.22. The normalized spacial score (nSPS) is 15.2. The molecule has 1 fully saturated rings. The van der Waals surface area contributed by atoms with E-state index in [-0.39, 0.29) is 29.9 Å². The minimum atomic E-state index is -3.22. The Hall–Kier alpha value is -1.36. The number of hydrogen-bond donors (Lipinski definition) is 3. The van der Waals surface area contributed by atoms with Gasteiger partial charge in [0.15, 0.2) is 15.8 Å². The highest BCUT2D eigenvalue weighted by Crippen LogP contribution is 2.18. The Morgan fingerprint density at radius 1 is 1.17 bits per heavy atom. The standard InChI is InChI=1S/C21H34N4O3S.HI/c1-4-22-21(23-13-12-20(26)25-18-8-6-5-7-9-18)24-15-17-10-11-19(16(2)14-17)29(3,27)28;/h10-11,14,18H,4-9,12-13,15H2,1-3H3,(H,25,26)(H2,22,23,24);1H. The molecule has 7 nitrogen and oxygen atoms in total. The molecule has 1 amide bonds. The minimum absolute atomic E-state index is 0. The molecule has 0 unspecified atom stereocenters. The number of guanidine groups is 1. The molecule has 1 aromatic carbocycles. The van der Waals surface area contributed by atoms with Gasteiger partial charge in [-0.25, -0.2) is 13.4 Å². The van der Waals surface area contributed by atoms with E-state index in [1.807, 2.05) is 13.0 Å². The first-order valence-electron chi connectivity index (χ1n) is 10.4. The zero-order valence-corrected chi connectivity index (χ0v) is 21.3. The number of halogens is 1. The first-order chi connectivity index (χ1) is 13.8. The van der Waals surface area contributed by atoms with Gasteiger partial charge < -0.3 is 16.0 Å². The number of hydrogen-bond acceptors (Lipinski definition) is 4. The van der Waals surface area contributed by atoms with Crippen LogP contribution < -0.4 is 16.0 Å². The summed E-state index contributed by atoms with van der Waals surface area (Å²) >= 11 is 0. The number of sulfone groups is 1. The fraction of sp³-hybridized carbons (Fsp3) is 0.619. The van der Waals surface area contributed by atoms with Crippen molar-refractivity contribution in [3.05, 3.63) is 29.3 Å². The van der Waals surface area contributed by atoms with Crippen molar-refractivity contribution in [2.75, 3.05) is 19.3 Å². The first-order valence-corrected chi connectivity index (χ1v) is 12.3. The lowest BCUT2D eigenvalue weighted by Crippen LogP contribution is -2.41. The second-order valence-electron chi connectivity index (χ2n) is 7.65. The Morgan fingerprint density at radius 2 is 1.87 bits per heavy atom. The topological polar surface area (TPSA) is 99.7 Å². The number of benzene rings is 1. The second-order valence-corrected chi connectivity index (χ2v) is 9.63. The molecule has 1 aromatic rings. The van der Waals surface area contributed by atoms with Crippen molar-refractivity contribution in [3.8, 4) is 0 Å². The summed E-state index contributed by atoms with van der Waals surface area (Å²) in [6.45, 7) is 5.42. The van der Waals surface area contributed by atoms with Crippen molar-refractivity contribution in [2.24, 2.45) is 4.99 Å². The van der Waals surface area contributed by atoms with Crippen LogP contribution in [0.1, 0.15) is 56.6 Å². The van der Waals surface area contributed by atoms with Gasteiger partial charge in [-0.1, -0.05) is 31.4 Å². The van der Waals surface area contributed by atoms with Crippen LogP contribution in [0.3, 0.4) is 0 Å². The monoisotopic (exact) mass is 550 g/mol. The summed E-state index contributed by atoms with van der Waals surface area (Å²) in [5.74, 6) is 0.718. The van der Waals surface area contributed by atoms with Gasteiger partial charge in [-0.3, -0.25) is 4.79 Å². The summed E-state index contributed by atoms with van der Waals surface area (Å²) in [5, 5.41) is 9.48. The number of amides is 1. The summed E-state index contributed by atoms with van der Waals surface area (Å²) in [5.41, 5.74) is 1.65. The zero-order valence-electron chi connectivity index (χ0n) is 18.2. The van der Waals surface area contributed by atoms with Crippen LogP contribution in [0.4, 0.5) is 0 Å². The predicted molar refractivity (Wildman–Crippen MR) is 132 cm³/mol. The maximum atomic E-state index is 12.1. The van der Waals surface area contributed by atoms with E-state index in [9.17, 15) is 13.2 Å². The van der Waals surface area contributed by atoms with Crippen LogP contribution in [-0.4, -0.2) is 45.7 Å². The molecule has 0 aromatic heterocycles. The van der Waals surface area contributed by atoms with E-state index in [0.717, 1.165) is 24.0 Å². The average Bonchev–Trinajstić information content (AvgIpc) is 2.66. The highest BCUT2D eigenvalue weighted by Gasteiger charge is 2.15. The predicted octanol–water partition coefficient (Wildman–Crippen LogP) is 2.91. The molecule has 30 heavy (non-hydrogen) atoms. The van der Waals surface area contributed by atoms with Crippen molar-refractivity contribution >= 4 is 45.7 Å². The number of nitrogens with zero attached hydrogens (tertiary/aromatic N) is 1. The van der Waals surface area contributed by atoms with E-state index in [4.69, 9.17) is 0 Å². The Morgan fingerprint density at radius 3 is 2.47 bits per heavy atom. The van der Waals surface area contributed by atoms with Crippen molar-refractivity contribution in [1.82, 2.24) is 16.0 Å². The van der Waals surface area contributed by atoms with Gasteiger partial charge in [0.2, 0.25) is 5.91 Å². The van der Waals surface area contributed by atoms with Crippen LogP contribution >= 0.6 is 24.0 Å². The van der Waals surface area contributed by atoms with Gasteiger partial charge in [-0.15, -0.1) is 24.0 Å². The molecule has 0 aliphatic heterocycles. The number of aryl methyl sites for hydroxylation is 1. The molecular weight excluding hydrogens is 515 g/mol. The fourth-order valence-electron chi connectivity index (χ4n) is 3.58. The molecule has 0 heterocycles. The largest absolute Gasteiger partial charge is 0.357 e. The van der Waals surface area contributed by atoms with Gasteiger partial charge in [0.25, 0.3) is 0 Å². The van der Waals surface area contributed by atoms with Crippen LogP contribution in [0.25, 0.3) is 0 Å². The summed E-state index contributed by atoms with van der Waals surface area (Å²) in [4.78, 5) is 17.0. The van der Waals surface area contributed by atoms with E-state index in [1.54, 1.807) is 19.1 Å². The Balaban J connectivity index is 0.00000450. The van der Waals surface area contributed by atoms with Gasteiger partial charge in [0, 0.05) is 31.8 Å². The molecule has 0 spiro atoms. The van der Waals surface area contributed by atoms with E-state index in [0.29, 0.717) is 43.0 Å². The number of carbonyl (C=O) groups is 1. The summed E-state index contributed by atoms with van der Waals surface area (Å²) < 4.78 is 23.5. The molecule has 0 saturated heterocycles. The summed E-state index contributed by atoms with van der Waals surface area (Å²) in [7, 11) is -3.22. The Kier molecular flexibility index (Phi) is 11.7. The van der Waals surface area contributed by atoms with Crippen LogP contribution in [0, 0.1) is 6.92 Å². The third-order valence-electron chi connectivity index (χ3n) is 5.02. The number of carbonyl (C=O) groups excluding carboxylic acids is 1. The Bertz CT molecular complexity index is 822. The molecule has 170 valence electrons. The molecular formula is C21H35IN4O3S. The van der Waals surface area contributed by atoms with E-state index >= 15 is 0 Å². The third kappa shape index (κ3) is 9.20. The SMILES string of the molecule is CCNC(=NCc1ccc(S(C)(=O)=O)c(C)c1)NCCC(=O)NC1CCCCC1.I. The van der Waals surface area contributed by atoms with E-state index in [2.05, 4.69) is 20.9 Å². The van der Waals surface area contributed by atoms with Crippen LogP contribution in [-0.2, 0) is 21.2 Å². The van der Waals surface area contributed by atoms with Gasteiger partial charge in [-0.2, -0.15) is 0 Å². The molecule has 2 rings (SSSR count). The van der Waals surface area contributed by atoms with E-state index < -0.39 is 9.84 Å². The number of aliphatic imine (C=N–C) groups is 1. The molecule has 3 N–H and O–H groups in total. The van der Waals surface area contributed by atoms with Gasteiger partial charge in [0.05, 0.1) is 11.4 Å².